The number of fused-ring (bicyclic) bond motifs is 1. The highest BCUT2D eigenvalue weighted by molar-refractivity contribution is 5.96. The van der Waals surface area contributed by atoms with E-state index in [1.165, 1.54) is 14.2 Å². The highest BCUT2D eigenvalue weighted by Crippen LogP contribution is 2.28. The van der Waals surface area contributed by atoms with Crippen LogP contribution in [0.25, 0.3) is 10.8 Å². The van der Waals surface area contributed by atoms with E-state index in [-0.39, 0.29) is 0 Å². The minimum Gasteiger partial charge on any atom is -0.496 e. The van der Waals surface area contributed by atoms with Crippen LogP contribution >= 0.6 is 0 Å². The number of hydrogen-bond acceptors (Lipinski definition) is 6. The van der Waals surface area contributed by atoms with Crippen LogP contribution in [0.5, 0.6) is 23.0 Å². The van der Waals surface area contributed by atoms with Crippen molar-refractivity contribution in [2.45, 2.75) is 0 Å². The van der Waals surface area contributed by atoms with Gasteiger partial charge in [-0.05, 0) is 59.3 Å². The monoisotopic (exact) mass is 428 g/mol. The molecular weight excluding hydrogens is 408 g/mol. The van der Waals surface area contributed by atoms with Gasteiger partial charge in [-0.2, -0.15) is 0 Å². The molecule has 0 fully saturated rings. The molecule has 0 aliphatic rings. The van der Waals surface area contributed by atoms with Gasteiger partial charge in [0.1, 0.15) is 34.1 Å². The summed E-state index contributed by atoms with van der Waals surface area (Å²) in [6.07, 6.45) is 0. The SMILES string of the molecule is COc1ccccc1C(=O)Oc1ccc2ccc(OC(=O)c3ccccc3OC)cc2c1. The number of methoxy groups -OCH3 is 2. The normalized spacial score (nSPS) is 10.4. The summed E-state index contributed by atoms with van der Waals surface area (Å²) < 4.78 is 21.5. The van der Waals surface area contributed by atoms with Gasteiger partial charge in [0.25, 0.3) is 0 Å². The fourth-order valence-electron chi connectivity index (χ4n) is 3.28. The van der Waals surface area contributed by atoms with Crippen LogP contribution in [0.4, 0.5) is 0 Å². The maximum absolute atomic E-state index is 12.6. The van der Waals surface area contributed by atoms with E-state index >= 15 is 0 Å². The van der Waals surface area contributed by atoms with Gasteiger partial charge in [-0.3, -0.25) is 0 Å². The number of benzene rings is 4. The zero-order valence-electron chi connectivity index (χ0n) is 17.5. The van der Waals surface area contributed by atoms with Crippen LogP contribution < -0.4 is 18.9 Å². The van der Waals surface area contributed by atoms with Crippen LogP contribution in [0.15, 0.2) is 84.9 Å². The summed E-state index contributed by atoms with van der Waals surface area (Å²) in [5.74, 6) is 0.539. The Balaban J connectivity index is 1.56. The molecule has 0 saturated carbocycles. The lowest BCUT2D eigenvalue weighted by molar-refractivity contribution is 0.0722. The zero-order chi connectivity index (χ0) is 22.5. The Labute approximate surface area is 184 Å². The van der Waals surface area contributed by atoms with Gasteiger partial charge in [0.05, 0.1) is 14.2 Å². The fraction of sp³-hybridized carbons (Fsp3) is 0.0769. The van der Waals surface area contributed by atoms with E-state index in [1.807, 2.05) is 12.1 Å². The van der Waals surface area contributed by atoms with Gasteiger partial charge >= 0.3 is 11.9 Å². The van der Waals surface area contributed by atoms with Gasteiger partial charge in [0.15, 0.2) is 0 Å². The van der Waals surface area contributed by atoms with Crippen molar-refractivity contribution >= 4 is 22.7 Å². The maximum Gasteiger partial charge on any atom is 0.347 e. The molecule has 0 amide bonds. The number of carbonyl (C=O) groups excluding carboxylic acids is 2. The number of esters is 2. The largest absolute Gasteiger partial charge is 0.496 e. The average molecular weight is 428 g/mol. The summed E-state index contributed by atoms with van der Waals surface area (Å²) >= 11 is 0. The molecule has 4 aromatic rings. The van der Waals surface area contributed by atoms with Crippen molar-refractivity contribution in [1.29, 1.82) is 0 Å². The smallest absolute Gasteiger partial charge is 0.347 e. The van der Waals surface area contributed by atoms with E-state index in [1.54, 1.807) is 72.8 Å². The van der Waals surface area contributed by atoms with Gasteiger partial charge < -0.3 is 18.9 Å². The van der Waals surface area contributed by atoms with Crippen LogP contribution in [0.1, 0.15) is 20.7 Å². The van der Waals surface area contributed by atoms with Crippen LogP contribution in [0, 0.1) is 0 Å². The van der Waals surface area contributed by atoms with Crippen LogP contribution in [-0.4, -0.2) is 26.2 Å². The predicted molar refractivity (Wildman–Crippen MR) is 120 cm³/mol. The van der Waals surface area contributed by atoms with Crippen LogP contribution in [0.2, 0.25) is 0 Å². The first-order chi connectivity index (χ1) is 15.6. The summed E-state index contributed by atoms with van der Waals surface area (Å²) in [4.78, 5) is 25.2. The number of hydrogen-bond donors (Lipinski definition) is 0. The van der Waals surface area contributed by atoms with E-state index in [2.05, 4.69) is 0 Å². The van der Waals surface area contributed by atoms with E-state index in [4.69, 9.17) is 18.9 Å². The quantitative estimate of drug-likeness (QED) is 0.307. The zero-order valence-corrected chi connectivity index (χ0v) is 17.5. The van der Waals surface area contributed by atoms with E-state index in [9.17, 15) is 9.59 Å². The summed E-state index contributed by atoms with van der Waals surface area (Å²) in [5, 5.41) is 1.65. The minimum atomic E-state index is -0.527. The minimum absolute atomic E-state index is 0.328. The van der Waals surface area contributed by atoms with Gasteiger partial charge in [0.2, 0.25) is 0 Å². The molecule has 6 heteroatoms. The van der Waals surface area contributed by atoms with Gasteiger partial charge in [-0.15, -0.1) is 0 Å². The molecule has 0 aromatic heterocycles. The number of rotatable bonds is 6. The highest BCUT2D eigenvalue weighted by Gasteiger charge is 2.16. The van der Waals surface area contributed by atoms with Gasteiger partial charge in [0, 0.05) is 0 Å². The topological polar surface area (TPSA) is 71.1 Å². The summed E-state index contributed by atoms with van der Waals surface area (Å²) in [5.41, 5.74) is 0.657. The van der Waals surface area contributed by atoms with Crippen molar-refractivity contribution in [2.75, 3.05) is 14.2 Å². The molecule has 0 radical (unpaired) electrons. The molecule has 4 aromatic carbocycles. The first-order valence-electron chi connectivity index (χ1n) is 9.83. The standard InChI is InChI=1S/C26H20O6/c1-29-23-9-5-3-7-21(23)25(27)31-19-13-11-17-12-14-20(16-18(17)15-19)32-26(28)22-8-4-6-10-24(22)30-2/h3-16H,1-2H3. The molecule has 0 aliphatic carbocycles. The third-order valence-electron chi connectivity index (χ3n) is 4.86. The molecule has 0 N–H and O–H groups in total. The van der Waals surface area contributed by atoms with Crippen molar-refractivity contribution in [3.63, 3.8) is 0 Å². The molecule has 0 saturated heterocycles. The lowest BCUT2D eigenvalue weighted by Crippen LogP contribution is -2.10. The van der Waals surface area contributed by atoms with Crippen LogP contribution in [0.3, 0.4) is 0 Å². The fourth-order valence-corrected chi connectivity index (χ4v) is 3.28. The second-order valence-electron chi connectivity index (χ2n) is 6.85. The van der Waals surface area contributed by atoms with E-state index in [0.29, 0.717) is 34.1 Å². The van der Waals surface area contributed by atoms with Crippen molar-refractivity contribution in [3.8, 4) is 23.0 Å². The van der Waals surface area contributed by atoms with Crippen molar-refractivity contribution in [3.05, 3.63) is 96.1 Å². The van der Waals surface area contributed by atoms with E-state index < -0.39 is 11.9 Å². The lowest BCUT2D eigenvalue weighted by atomic mass is 10.1. The molecule has 0 bridgehead atoms. The lowest BCUT2D eigenvalue weighted by Gasteiger charge is -2.10. The van der Waals surface area contributed by atoms with Gasteiger partial charge in [-0.1, -0.05) is 36.4 Å². The van der Waals surface area contributed by atoms with Gasteiger partial charge in [-0.25, -0.2) is 9.59 Å². The Bertz CT molecular complexity index is 1200. The maximum atomic E-state index is 12.6. The van der Waals surface area contributed by atoms with Crippen molar-refractivity contribution in [2.24, 2.45) is 0 Å². The third kappa shape index (κ3) is 4.39. The van der Waals surface area contributed by atoms with Crippen LogP contribution in [-0.2, 0) is 0 Å². The molecule has 4 rings (SSSR count). The predicted octanol–water partition coefficient (Wildman–Crippen LogP) is 5.30. The molecule has 0 aliphatic heterocycles. The summed E-state index contributed by atoms with van der Waals surface area (Å²) in [7, 11) is 2.99. The first kappa shape index (κ1) is 20.9. The highest BCUT2D eigenvalue weighted by atomic mass is 16.5. The third-order valence-corrected chi connectivity index (χ3v) is 4.86. The Hall–Kier alpha value is -4.32. The Morgan fingerprint density at radius 3 is 1.44 bits per heavy atom. The molecule has 0 heterocycles. The summed E-state index contributed by atoms with van der Waals surface area (Å²) in [6.45, 7) is 0. The number of ether oxygens (including phenoxy) is 4. The molecule has 160 valence electrons. The Morgan fingerprint density at radius 1 is 0.562 bits per heavy atom. The number of carbonyl (C=O) groups is 2. The Kier molecular flexibility index (Phi) is 6.03. The molecule has 6 nitrogen and oxygen atoms in total. The average Bonchev–Trinajstić information content (AvgIpc) is 2.83. The van der Waals surface area contributed by atoms with E-state index in [0.717, 1.165) is 10.8 Å². The first-order valence-corrected chi connectivity index (χ1v) is 9.83. The van der Waals surface area contributed by atoms with Crippen molar-refractivity contribution < 1.29 is 28.5 Å². The Morgan fingerprint density at radius 2 is 1.00 bits per heavy atom. The molecular formula is C26H20O6. The number of para-hydroxylation sites is 2. The second kappa shape index (κ2) is 9.22. The second-order valence-corrected chi connectivity index (χ2v) is 6.85. The molecule has 0 spiro atoms. The summed E-state index contributed by atoms with van der Waals surface area (Å²) in [6, 6.07) is 24.2. The van der Waals surface area contributed by atoms with Crippen molar-refractivity contribution in [1.82, 2.24) is 0 Å². The molecule has 0 atom stereocenters. The molecule has 0 unspecified atom stereocenters. The molecule has 32 heavy (non-hydrogen) atoms.